The second-order valence-electron chi connectivity index (χ2n) is 7.59. The van der Waals surface area contributed by atoms with E-state index in [4.69, 9.17) is 0 Å². The Hall–Kier alpha value is -2.74. The number of rotatable bonds is 14. The van der Waals surface area contributed by atoms with E-state index in [1.165, 1.54) is 18.2 Å². The van der Waals surface area contributed by atoms with E-state index in [-0.39, 0.29) is 29.5 Å². The zero-order valence-electron chi connectivity index (χ0n) is 17.8. The Balaban J connectivity index is 2.51. The van der Waals surface area contributed by atoms with Crippen LogP contribution in [0.3, 0.4) is 0 Å². The lowest BCUT2D eigenvalue weighted by Gasteiger charge is -2.20. The summed E-state index contributed by atoms with van der Waals surface area (Å²) in [7, 11) is 0. The van der Waals surface area contributed by atoms with Crippen LogP contribution in [0.4, 0.5) is 0 Å². The molecule has 166 valence electrons. The number of amides is 2. The molecule has 8 nitrogen and oxygen atoms in total. The van der Waals surface area contributed by atoms with Crippen LogP contribution < -0.4 is 16.0 Å². The first-order valence-corrected chi connectivity index (χ1v) is 10.4. The van der Waals surface area contributed by atoms with Crippen LogP contribution in [0.25, 0.3) is 0 Å². The minimum Gasteiger partial charge on any atom is -0.478 e. The van der Waals surface area contributed by atoms with Crippen LogP contribution in [-0.2, 0) is 19.2 Å². The number of carbonyl (C=O) groups excluding carboxylic acids is 3. The average molecular weight is 420 g/mol. The van der Waals surface area contributed by atoms with Gasteiger partial charge >= 0.3 is 5.97 Å². The van der Waals surface area contributed by atoms with Crippen molar-refractivity contribution < 1.29 is 24.3 Å². The molecule has 0 bridgehead atoms. The third-order valence-electron chi connectivity index (χ3n) is 4.58. The molecule has 1 atom stereocenters. The Morgan fingerprint density at radius 3 is 2.67 bits per heavy atom. The Kier molecular flexibility index (Phi) is 12.0. The molecular weight excluding hydrogens is 386 g/mol. The molecule has 0 aromatic heterocycles. The molecule has 0 heterocycles. The van der Waals surface area contributed by atoms with Crippen molar-refractivity contribution in [2.75, 3.05) is 19.6 Å². The van der Waals surface area contributed by atoms with Gasteiger partial charge in [-0.2, -0.15) is 0 Å². The maximum atomic E-state index is 12.3. The zero-order valence-corrected chi connectivity index (χ0v) is 17.8. The van der Waals surface area contributed by atoms with E-state index in [0.717, 1.165) is 12.8 Å². The molecular formula is C22H33N3O5. The molecule has 0 saturated heterocycles. The second-order valence-corrected chi connectivity index (χ2v) is 7.59. The van der Waals surface area contributed by atoms with Crippen molar-refractivity contribution in [3.63, 3.8) is 0 Å². The minimum absolute atomic E-state index is 0.0122. The summed E-state index contributed by atoms with van der Waals surface area (Å²) in [6.07, 6.45) is 9.68. The molecule has 8 heteroatoms. The maximum Gasteiger partial charge on any atom is 0.337 e. The maximum absolute atomic E-state index is 12.3. The van der Waals surface area contributed by atoms with Crippen molar-refractivity contribution in [3.05, 3.63) is 35.6 Å². The number of nitrogens with one attached hydrogen (secondary N) is 3. The van der Waals surface area contributed by atoms with Gasteiger partial charge in [-0.3, -0.25) is 14.4 Å². The van der Waals surface area contributed by atoms with Gasteiger partial charge in [-0.1, -0.05) is 26.0 Å². The van der Waals surface area contributed by atoms with Gasteiger partial charge in [-0.25, -0.2) is 4.79 Å². The van der Waals surface area contributed by atoms with Crippen molar-refractivity contribution in [1.82, 2.24) is 16.0 Å². The summed E-state index contributed by atoms with van der Waals surface area (Å²) in [5, 5.41) is 18.0. The summed E-state index contributed by atoms with van der Waals surface area (Å²) in [4.78, 5) is 46.2. The van der Waals surface area contributed by atoms with Crippen LogP contribution in [0.5, 0.6) is 0 Å². The fraction of sp³-hybridized carbons (Fsp3) is 0.545. The van der Waals surface area contributed by atoms with Gasteiger partial charge in [0, 0.05) is 19.5 Å². The summed E-state index contributed by atoms with van der Waals surface area (Å²) in [5.41, 5.74) is 0.193. The number of carboxylic acids is 1. The van der Waals surface area contributed by atoms with Gasteiger partial charge in [-0.05, 0) is 50.3 Å². The highest BCUT2D eigenvalue weighted by Crippen LogP contribution is 2.22. The molecule has 0 radical (unpaired) electrons. The summed E-state index contributed by atoms with van der Waals surface area (Å²) in [6.45, 7) is 6.01. The third kappa shape index (κ3) is 10.2. The molecule has 0 aromatic rings. The predicted molar refractivity (Wildman–Crippen MR) is 114 cm³/mol. The van der Waals surface area contributed by atoms with Crippen molar-refractivity contribution in [1.29, 1.82) is 0 Å². The minimum atomic E-state index is -1.13. The SMILES string of the molecule is CC(C)CCNC(=O)C1C=C(NC(=O)CCCCNC/C=C\C=O)C(C(=O)O)=CC1. The fourth-order valence-electron chi connectivity index (χ4n) is 2.88. The number of aliphatic carboxylic acids is 1. The number of aldehydes is 1. The van der Waals surface area contributed by atoms with Gasteiger partial charge in [0.05, 0.1) is 17.2 Å². The monoisotopic (exact) mass is 419 g/mol. The smallest absolute Gasteiger partial charge is 0.337 e. The lowest BCUT2D eigenvalue weighted by Crippen LogP contribution is -2.34. The molecule has 0 saturated carbocycles. The Labute approximate surface area is 177 Å². The van der Waals surface area contributed by atoms with Gasteiger partial charge in [0.1, 0.15) is 6.29 Å². The van der Waals surface area contributed by atoms with Crippen LogP contribution in [0.2, 0.25) is 0 Å². The van der Waals surface area contributed by atoms with Crippen LogP contribution >= 0.6 is 0 Å². The van der Waals surface area contributed by atoms with Crippen molar-refractivity contribution in [3.8, 4) is 0 Å². The predicted octanol–water partition coefficient (Wildman–Crippen LogP) is 1.69. The lowest BCUT2D eigenvalue weighted by atomic mass is 9.93. The molecule has 2 amide bonds. The third-order valence-corrected chi connectivity index (χ3v) is 4.58. The lowest BCUT2D eigenvalue weighted by molar-refractivity contribution is -0.132. The van der Waals surface area contributed by atoms with Crippen LogP contribution in [-0.4, -0.2) is 48.8 Å². The van der Waals surface area contributed by atoms with E-state index in [2.05, 4.69) is 29.8 Å². The Bertz CT molecular complexity index is 695. The highest BCUT2D eigenvalue weighted by molar-refractivity contribution is 5.95. The summed E-state index contributed by atoms with van der Waals surface area (Å²) >= 11 is 0. The van der Waals surface area contributed by atoms with Gasteiger partial charge < -0.3 is 21.1 Å². The summed E-state index contributed by atoms with van der Waals surface area (Å²) < 4.78 is 0. The van der Waals surface area contributed by atoms with Crippen molar-refractivity contribution in [2.45, 2.75) is 46.0 Å². The van der Waals surface area contributed by atoms with E-state index < -0.39 is 11.9 Å². The molecule has 1 aliphatic rings. The number of hydrogen-bond donors (Lipinski definition) is 4. The van der Waals surface area contributed by atoms with Gasteiger partial charge in [0.25, 0.3) is 0 Å². The number of carbonyl (C=O) groups is 4. The van der Waals surface area contributed by atoms with Crippen LogP contribution in [0.15, 0.2) is 35.6 Å². The molecule has 0 aromatic carbocycles. The number of allylic oxidation sites excluding steroid dienone is 2. The fourth-order valence-corrected chi connectivity index (χ4v) is 2.88. The Morgan fingerprint density at radius 2 is 2.00 bits per heavy atom. The van der Waals surface area contributed by atoms with Crippen LogP contribution in [0.1, 0.15) is 46.0 Å². The summed E-state index contributed by atoms with van der Waals surface area (Å²) in [6, 6.07) is 0. The normalized spacial score (nSPS) is 16.2. The van der Waals surface area contributed by atoms with Crippen LogP contribution in [0, 0.1) is 11.8 Å². The molecule has 1 aliphatic carbocycles. The first-order valence-electron chi connectivity index (χ1n) is 10.4. The Morgan fingerprint density at radius 1 is 1.23 bits per heavy atom. The quantitative estimate of drug-likeness (QED) is 0.193. The number of carboxylic acid groups (broad SMARTS) is 1. The molecule has 1 unspecified atom stereocenters. The van der Waals surface area contributed by atoms with E-state index in [1.54, 1.807) is 6.08 Å². The number of unbranched alkanes of at least 4 members (excludes halogenated alkanes) is 1. The van der Waals surface area contributed by atoms with E-state index >= 15 is 0 Å². The molecule has 1 rings (SSSR count). The van der Waals surface area contributed by atoms with E-state index in [0.29, 0.717) is 44.7 Å². The molecule has 30 heavy (non-hydrogen) atoms. The standard InChI is InChI=1S/C22H33N3O5/c1-16(2)10-13-24-21(28)17-8-9-18(22(29)30)19(15-17)25-20(27)7-3-4-11-23-12-5-6-14-26/h5-6,9,14-17,23H,3-4,7-8,10-13H2,1-2H3,(H,24,28)(H,25,27)(H,29,30)/b6-5-. The van der Waals surface area contributed by atoms with Gasteiger partial charge in [0.2, 0.25) is 11.8 Å². The molecule has 0 aliphatic heterocycles. The van der Waals surface area contributed by atoms with Crippen molar-refractivity contribution in [2.24, 2.45) is 11.8 Å². The average Bonchev–Trinajstić information content (AvgIpc) is 2.69. The zero-order chi connectivity index (χ0) is 22.4. The van der Waals surface area contributed by atoms with E-state index in [9.17, 15) is 24.3 Å². The first kappa shape index (κ1) is 25.3. The topological polar surface area (TPSA) is 125 Å². The first-order chi connectivity index (χ1) is 14.3. The number of hydrogen-bond acceptors (Lipinski definition) is 5. The molecule has 4 N–H and O–H groups in total. The molecule has 0 spiro atoms. The highest BCUT2D eigenvalue weighted by atomic mass is 16.4. The van der Waals surface area contributed by atoms with Gasteiger partial charge in [-0.15, -0.1) is 0 Å². The highest BCUT2D eigenvalue weighted by Gasteiger charge is 2.25. The largest absolute Gasteiger partial charge is 0.478 e. The van der Waals surface area contributed by atoms with Gasteiger partial charge in [0.15, 0.2) is 0 Å². The molecule has 0 fully saturated rings. The second kappa shape index (κ2) is 14.3. The summed E-state index contributed by atoms with van der Waals surface area (Å²) in [5.74, 6) is -1.61. The van der Waals surface area contributed by atoms with E-state index in [1.807, 2.05) is 0 Å². The van der Waals surface area contributed by atoms with Crippen molar-refractivity contribution >= 4 is 24.1 Å².